The van der Waals surface area contributed by atoms with Crippen molar-refractivity contribution in [3.8, 4) is 0 Å². The summed E-state index contributed by atoms with van der Waals surface area (Å²) in [7, 11) is 0. The van der Waals surface area contributed by atoms with Gasteiger partial charge in [-0.2, -0.15) is 0 Å². The molecule has 0 bridgehead atoms. The van der Waals surface area contributed by atoms with E-state index in [9.17, 15) is 0 Å². The molecule has 0 aliphatic heterocycles. The van der Waals surface area contributed by atoms with Crippen molar-refractivity contribution < 1.29 is 0 Å². The second kappa shape index (κ2) is 4.63. The molecule has 3 rings (SSSR count). The lowest BCUT2D eigenvalue weighted by Crippen LogP contribution is -2.33. The highest BCUT2D eigenvalue weighted by molar-refractivity contribution is 5.91. The van der Waals surface area contributed by atoms with Crippen molar-refractivity contribution in [2.45, 2.75) is 53.5 Å². The fourth-order valence-electron chi connectivity index (χ4n) is 3.84. The molecule has 1 unspecified atom stereocenters. The number of aryl methyl sites for hydroxylation is 2. The molecule has 0 radical (unpaired) electrons. The maximum absolute atomic E-state index is 3.73. The zero-order chi connectivity index (χ0) is 14.5. The van der Waals surface area contributed by atoms with Crippen molar-refractivity contribution >= 4 is 10.9 Å². The highest BCUT2D eigenvalue weighted by Gasteiger charge is 2.34. The fraction of sp³-hybridized carbons (Fsp3) is 0.556. The second-order valence-corrected chi connectivity index (χ2v) is 7.12. The van der Waals surface area contributed by atoms with Gasteiger partial charge in [0, 0.05) is 22.6 Å². The molecule has 108 valence electrons. The quantitative estimate of drug-likeness (QED) is 0.831. The van der Waals surface area contributed by atoms with Crippen molar-refractivity contribution in [2.24, 2.45) is 5.41 Å². The van der Waals surface area contributed by atoms with Crippen LogP contribution in [0.2, 0.25) is 0 Å². The molecule has 2 nitrogen and oxygen atoms in total. The summed E-state index contributed by atoms with van der Waals surface area (Å²) in [5.74, 6) is 0. The SMILES string of the molecule is CCNC1CC(C)(C)Cc2[nH]c3c(C)ccc(C)c3c21. The van der Waals surface area contributed by atoms with Gasteiger partial charge in [0.15, 0.2) is 0 Å². The summed E-state index contributed by atoms with van der Waals surface area (Å²) in [5.41, 5.74) is 7.43. The minimum Gasteiger partial charge on any atom is -0.358 e. The zero-order valence-corrected chi connectivity index (χ0v) is 13.4. The predicted octanol–water partition coefficient (Wildman–Crippen LogP) is 4.41. The molecule has 1 aliphatic rings. The number of aromatic nitrogens is 1. The van der Waals surface area contributed by atoms with Crippen molar-refractivity contribution in [1.29, 1.82) is 0 Å². The molecule has 0 amide bonds. The number of hydrogen-bond donors (Lipinski definition) is 2. The topological polar surface area (TPSA) is 27.8 Å². The van der Waals surface area contributed by atoms with Gasteiger partial charge < -0.3 is 10.3 Å². The monoisotopic (exact) mass is 270 g/mol. The number of aromatic amines is 1. The number of benzene rings is 1. The minimum atomic E-state index is 0.364. The van der Waals surface area contributed by atoms with E-state index in [1.54, 1.807) is 0 Å². The Labute approximate surface area is 122 Å². The third-order valence-electron chi connectivity index (χ3n) is 4.70. The van der Waals surface area contributed by atoms with Crippen molar-refractivity contribution in [1.82, 2.24) is 10.3 Å². The highest BCUT2D eigenvalue weighted by atomic mass is 14.9. The Balaban J connectivity index is 2.27. The van der Waals surface area contributed by atoms with E-state index in [1.165, 1.54) is 39.7 Å². The molecule has 2 heteroatoms. The summed E-state index contributed by atoms with van der Waals surface area (Å²) < 4.78 is 0. The van der Waals surface area contributed by atoms with Gasteiger partial charge in [-0.15, -0.1) is 0 Å². The van der Waals surface area contributed by atoms with Gasteiger partial charge >= 0.3 is 0 Å². The maximum Gasteiger partial charge on any atom is 0.0491 e. The molecular formula is C18H26N2. The van der Waals surface area contributed by atoms with Gasteiger partial charge in [-0.3, -0.25) is 0 Å². The van der Waals surface area contributed by atoms with Crippen LogP contribution in [-0.2, 0) is 6.42 Å². The average molecular weight is 270 g/mol. The largest absolute Gasteiger partial charge is 0.358 e. The molecule has 0 spiro atoms. The van der Waals surface area contributed by atoms with E-state index >= 15 is 0 Å². The standard InChI is InChI=1S/C18H26N2/c1-6-19-13-9-18(4,5)10-14-16(13)15-11(2)7-8-12(3)17(15)20-14/h7-8,13,19-20H,6,9-10H2,1-5H3. The number of fused-ring (bicyclic) bond motifs is 3. The van der Waals surface area contributed by atoms with Crippen LogP contribution < -0.4 is 5.32 Å². The summed E-state index contributed by atoms with van der Waals surface area (Å²) in [5, 5.41) is 5.16. The molecule has 1 aromatic heterocycles. The van der Waals surface area contributed by atoms with Gasteiger partial charge in [0.1, 0.15) is 0 Å². The molecule has 0 saturated carbocycles. The van der Waals surface area contributed by atoms with E-state index < -0.39 is 0 Å². The summed E-state index contributed by atoms with van der Waals surface area (Å²) in [6.07, 6.45) is 2.37. The van der Waals surface area contributed by atoms with Gasteiger partial charge in [-0.25, -0.2) is 0 Å². The average Bonchev–Trinajstić information content (AvgIpc) is 2.73. The van der Waals surface area contributed by atoms with E-state index in [2.05, 4.69) is 57.1 Å². The van der Waals surface area contributed by atoms with Crippen LogP contribution in [0.25, 0.3) is 10.9 Å². The van der Waals surface area contributed by atoms with Gasteiger partial charge in [0.25, 0.3) is 0 Å². The minimum absolute atomic E-state index is 0.364. The number of rotatable bonds is 2. The molecular weight excluding hydrogens is 244 g/mol. The predicted molar refractivity (Wildman–Crippen MR) is 86.3 cm³/mol. The lowest BCUT2D eigenvalue weighted by atomic mass is 9.73. The number of nitrogens with one attached hydrogen (secondary N) is 2. The first-order valence-electron chi connectivity index (χ1n) is 7.77. The van der Waals surface area contributed by atoms with Crippen LogP contribution in [0.1, 0.15) is 55.6 Å². The smallest absolute Gasteiger partial charge is 0.0491 e. The fourth-order valence-corrected chi connectivity index (χ4v) is 3.84. The molecule has 1 heterocycles. The van der Waals surface area contributed by atoms with Crippen molar-refractivity contribution in [3.63, 3.8) is 0 Å². The summed E-state index contributed by atoms with van der Waals surface area (Å²) in [6, 6.07) is 4.97. The van der Waals surface area contributed by atoms with Gasteiger partial charge in [0.2, 0.25) is 0 Å². The Morgan fingerprint density at radius 2 is 1.95 bits per heavy atom. The van der Waals surface area contributed by atoms with E-state index in [4.69, 9.17) is 0 Å². The van der Waals surface area contributed by atoms with Crippen LogP contribution in [0.3, 0.4) is 0 Å². The Kier molecular flexibility index (Phi) is 3.17. The van der Waals surface area contributed by atoms with Crippen LogP contribution in [0.15, 0.2) is 12.1 Å². The lowest BCUT2D eigenvalue weighted by molar-refractivity contribution is 0.259. The Bertz CT molecular complexity index is 649. The van der Waals surface area contributed by atoms with Crippen LogP contribution >= 0.6 is 0 Å². The zero-order valence-electron chi connectivity index (χ0n) is 13.4. The van der Waals surface area contributed by atoms with Gasteiger partial charge in [0.05, 0.1) is 0 Å². The van der Waals surface area contributed by atoms with Crippen molar-refractivity contribution in [2.75, 3.05) is 6.54 Å². The molecule has 1 aliphatic carbocycles. The first-order valence-corrected chi connectivity index (χ1v) is 7.77. The van der Waals surface area contributed by atoms with Gasteiger partial charge in [-0.1, -0.05) is 32.9 Å². The maximum atomic E-state index is 3.73. The summed E-state index contributed by atoms with van der Waals surface area (Å²) in [6.45, 7) is 12.4. The molecule has 2 N–H and O–H groups in total. The van der Waals surface area contributed by atoms with E-state index in [-0.39, 0.29) is 0 Å². The van der Waals surface area contributed by atoms with Gasteiger partial charge in [-0.05, 0) is 55.3 Å². The van der Waals surface area contributed by atoms with Crippen molar-refractivity contribution in [3.05, 3.63) is 34.5 Å². The van der Waals surface area contributed by atoms with Crippen LogP contribution in [0, 0.1) is 19.3 Å². The number of H-pyrrole nitrogens is 1. The highest BCUT2D eigenvalue weighted by Crippen LogP contribution is 2.44. The van der Waals surface area contributed by atoms with E-state index in [0.29, 0.717) is 11.5 Å². The normalized spacial score (nSPS) is 21.1. The molecule has 1 atom stereocenters. The molecule has 0 saturated heterocycles. The molecule has 1 aromatic carbocycles. The molecule has 2 aromatic rings. The Hall–Kier alpha value is -1.28. The third-order valence-corrected chi connectivity index (χ3v) is 4.70. The number of hydrogen-bond acceptors (Lipinski definition) is 1. The Morgan fingerprint density at radius 3 is 2.65 bits per heavy atom. The van der Waals surface area contributed by atoms with Crippen LogP contribution in [0.5, 0.6) is 0 Å². The Morgan fingerprint density at radius 1 is 1.25 bits per heavy atom. The lowest BCUT2D eigenvalue weighted by Gasteiger charge is -2.36. The van der Waals surface area contributed by atoms with Crippen LogP contribution in [-0.4, -0.2) is 11.5 Å². The van der Waals surface area contributed by atoms with E-state index in [1.807, 2.05) is 0 Å². The van der Waals surface area contributed by atoms with Crippen LogP contribution in [0.4, 0.5) is 0 Å². The summed E-state index contributed by atoms with van der Waals surface area (Å²) in [4.78, 5) is 3.73. The molecule has 0 fully saturated rings. The first-order chi connectivity index (χ1) is 9.43. The third kappa shape index (κ3) is 2.07. The molecule has 20 heavy (non-hydrogen) atoms. The summed E-state index contributed by atoms with van der Waals surface area (Å²) >= 11 is 0. The van der Waals surface area contributed by atoms with E-state index in [0.717, 1.165) is 13.0 Å². The second-order valence-electron chi connectivity index (χ2n) is 7.12. The first kappa shape index (κ1) is 13.7.